The Morgan fingerprint density at radius 2 is 2.07 bits per heavy atom. The van der Waals surface area contributed by atoms with Crippen molar-refractivity contribution < 1.29 is 24.2 Å². The van der Waals surface area contributed by atoms with Gasteiger partial charge in [0.05, 0.1) is 36.5 Å². The SMILES string of the molecule is COc1cc(/C(O)=C2/C(=O)C(=O)N(CCOC(C)C)C2c2cccs2)ccc1Cl. The predicted molar refractivity (Wildman–Crippen MR) is 112 cm³/mol. The molecule has 29 heavy (non-hydrogen) atoms. The predicted octanol–water partition coefficient (Wildman–Crippen LogP) is 4.26. The number of amides is 1. The number of likely N-dealkylation sites (tertiary alicyclic amines) is 1. The average Bonchev–Trinajstić information content (AvgIpc) is 3.30. The van der Waals surface area contributed by atoms with Crippen molar-refractivity contribution in [2.75, 3.05) is 20.3 Å². The van der Waals surface area contributed by atoms with Crippen LogP contribution >= 0.6 is 22.9 Å². The summed E-state index contributed by atoms with van der Waals surface area (Å²) in [7, 11) is 1.46. The summed E-state index contributed by atoms with van der Waals surface area (Å²) in [5.74, 6) is -1.27. The highest BCUT2D eigenvalue weighted by atomic mass is 35.5. The normalized spacial score (nSPS) is 18.7. The van der Waals surface area contributed by atoms with E-state index in [9.17, 15) is 14.7 Å². The van der Waals surface area contributed by atoms with Gasteiger partial charge in [-0.2, -0.15) is 0 Å². The summed E-state index contributed by atoms with van der Waals surface area (Å²) in [4.78, 5) is 27.8. The van der Waals surface area contributed by atoms with E-state index in [1.165, 1.54) is 23.3 Å². The maximum atomic E-state index is 12.9. The van der Waals surface area contributed by atoms with Gasteiger partial charge in [-0.3, -0.25) is 9.59 Å². The summed E-state index contributed by atoms with van der Waals surface area (Å²) in [6.07, 6.45) is 0.00791. The Balaban J connectivity index is 2.06. The van der Waals surface area contributed by atoms with Crippen molar-refractivity contribution in [1.82, 2.24) is 4.90 Å². The Morgan fingerprint density at radius 1 is 1.31 bits per heavy atom. The second kappa shape index (κ2) is 8.98. The molecule has 1 N–H and O–H groups in total. The van der Waals surface area contributed by atoms with E-state index < -0.39 is 17.7 Å². The van der Waals surface area contributed by atoms with E-state index in [0.717, 1.165) is 4.88 Å². The van der Waals surface area contributed by atoms with Crippen LogP contribution < -0.4 is 4.74 Å². The smallest absolute Gasteiger partial charge is 0.295 e. The molecule has 1 saturated heterocycles. The first-order chi connectivity index (χ1) is 13.8. The van der Waals surface area contributed by atoms with Crippen LogP contribution in [-0.2, 0) is 14.3 Å². The lowest BCUT2D eigenvalue weighted by atomic mass is 9.99. The Hall–Kier alpha value is -2.35. The molecule has 0 spiro atoms. The summed E-state index contributed by atoms with van der Waals surface area (Å²) < 4.78 is 10.8. The lowest BCUT2D eigenvalue weighted by molar-refractivity contribution is -0.140. The van der Waals surface area contributed by atoms with Crippen LogP contribution in [0.5, 0.6) is 5.75 Å². The molecule has 1 aliphatic rings. The van der Waals surface area contributed by atoms with E-state index in [-0.39, 0.29) is 24.0 Å². The molecular formula is C21H22ClNO5S. The number of ether oxygens (including phenoxy) is 2. The first-order valence-corrected chi connectivity index (χ1v) is 10.4. The number of halogens is 1. The largest absolute Gasteiger partial charge is 0.507 e. The molecule has 1 aromatic heterocycles. The molecular weight excluding hydrogens is 414 g/mol. The van der Waals surface area contributed by atoms with Gasteiger partial charge < -0.3 is 19.5 Å². The van der Waals surface area contributed by atoms with Gasteiger partial charge in [0.1, 0.15) is 11.5 Å². The minimum Gasteiger partial charge on any atom is -0.507 e. The first kappa shape index (κ1) is 21.4. The van der Waals surface area contributed by atoms with Crippen LogP contribution in [0, 0.1) is 0 Å². The van der Waals surface area contributed by atoms with Crippen LogP contribution in [-0.4, -0.2) is 48.1 Å². The number of ketones is 1. The van der Waals surface area contributed by atoms with Gasteiger partial charge >= 0.3 is 0 Å². The van der Waals surface area contributed by atoms with E-state index in [0.29, 0.717) is 22.9 Å². The number of hydrogen-bond acceptors (Lipinski definition) is 6. The third-order valence-corrected chi connectivity index (χ3v) is 5.80. The lowest BCUT2D eigenvalue weighted by Gasteiger charge is -2.24. The quantitative estimate of drug-likeness (QED) is 0.399. The highest BCUT2D eigenvalue weighted by Gasteiger charge is 2.46. The van der Waals surface area contributed by atoms with E-state index >= 15 is 0 Å². The molecule has 1 aliphatic heterocycles. The maximum absolute atomic E-state index is 12.9. The monoisotopic (exact) mass is 435 g/mol. The van der Waals surface area contributed by atoms with Crippen molar-refractivity contribution in [2.24, 2.45) is 0 Å². The minimum absolute atomic E-state index is 0.00791. The molecule has 1 amide bonds. The number of carbonyl (C=O) groups excluding carboxylic acids is 2. The van der Waals surface area contributed by atoms with E-state index in [2.05, 4.69) is 0 Å². The fourth-order valence-electron chi connectivity index (χ4n) is 3.20. The van der Waals surface area contributed by atoms with Crippen molar-refractivity contribution in [3.8, 4) is 5.75 Å². The number of nitrogens with zero attached hydrogens (tertiary/aromatic N) is 1. The van der Waals surface area contributed by atoms with Crippen molar-refractivity contribution >= 4 is 40.4 Å². The van der Waals surface area contributed by atoms with Crippen molar-refractivity contribution in [1.29, 1.82) is 0 Å². The highest BCUT2D eigenvalue weighted by Crippen LogP contribution is 2.41. The van der Waals surface area contributed by atoms with Crippen LogP contribution in [0.2, 0.25) is 5.02 Å². The molecule has 0 radical (unpaired) electrons. The summed E-state index contributed by atoms with van der Waals surface area (Å²) >= 11 is 7.48. The minimum atomic E-state index is -0.723. The second-order valence-electron chi connectivity index (χ2n) is 6.78. The number of methoxy groups -OCH3 is 1. The molecule has 0 aliphatic carbocycles. The van der Waals surface area contributed by atoms with Crippen LogP contribution in [0.1, 0.15) is 30.3 Å². The van der Waals surface area contributed by atoms with E-state index in [1.54, 1.807) is 18.2 Å². The molecule has 1 atom stereocenters. The van der Waals surface area contributed by atoms with Gasteiger partial charge in [-0.05, 0) is 43.5 Å². The fourth-order valence-corrected chi connectivity index (χ4v) is 4.24. The number of Topliss-reactive ketones (excluding diaryl/α,β-unsaturated/α-hetero) is 1. The fraction of sp³-hybridized carbons (Fsp3) is 0.333. The third kappa shape index (κ3) is 4.32. The molecule has 3 rings (SSSR count). The molecule has 2 aromatic rings. The summed E-state index contributed by atoms with van der Waals surface area (Å²) in [5, 5.41) is 13.2. The van der Waals surface area contributed by atoms with Crippen LogP contribution in [0.15, 0.2) is 41.3 Å². The molecule has 154 valence electrons. The summed E-state index contributed by atoms with van der Waals surface area (Å²) in [6, 6.07) is 7.71. The Labute approximate surface area is 178 Å². The Kier molecular flexibility index (Phi) is 6.62. The lowest BCUT2D eigenvalue weighted by Crippen LogP contribution is -2.33. The molecule has 0 bridgehead atoms. The summed E-state index contributed by atoms with van der Waals surface area (Å²) in [5.41, 5.74) is 0.399. The van der Waals surface area contributed by atoms with E-state index in [4.69, 9.17) is 21.1 Å². The zero-order chi connectivity index (χ0) is 21.1. The first-order valence-electron chi connectivity index (χ1n) is 9.12. The average molecular weight is 436 g/mol. The van der Waals surface area contributed by atoms with Gasteiger partial charge in [-0.1, -0.05) is 17.7 Å². The number of rotatable bonds is 7. The van der Waals surface area contributed by atoms with E-state index in [1.807, 2.05) is 31.4 Å². The van der Waals surface area contributed by atoms with Crippen molar-refractivity contribution in [2.45, 2.75) is 26.0 Å². The van der Waals surface area contributed by atoms with Gasteiger partial charge in [0.2, 0.25) is 0 Å². The van der Waals surface area contributed by atoms with Gasteiger partial charge in [0.15, 0.2) is 0 Å². The molecule has 1 aromatic carbocycles. The zero-order valence-electron chi connectivity index (χ0n) is 16.3. The highest BCUT2D eigenvalue weighted by molar-refractivity contribution is 7.10. The third-order valence-electron chi connectivity index (χ3n) is 4.56. The van der Waals surface area contributed by atoms with Crippen molar-refractivity contribution in [3.05, 3.63) is 56.7 Å². The molecule has 8 heteroatoms. The molecule has 6 nitrogen and oxygen atoms in total. The Morgan fingerprint density at radius 3 is 2.69 bits per heavy atom. The van der Waals surface area contributed by atoms with Gasteiger partial charge in [-0.15, -0.1) is 11.3 Å². The zero-order valence-corrected chi connectivity index (χ0v) is 17.9. The van der Waals surface area contributed by atoms with Crippen LogP contribution in [0.25, 0.3) is 5.76 Å². The van der Waals surface area contributed by atoms with Crippen LogP contribution in [0.3, 0.4) is 0 Å². The number of hydrogen-bond donors (Lipinski definition) is 1. The number of benzene rings is 1. The molecule has 1 fully saturated rings. The standard InChI is InChI=1S/C21H22ClNO5S/c1-12(2)28-9-8-23-18(16-5-4-10-29-16)17(20(25)21(23)26)19(24)13-6-7-14(22)15(11-13)27-3/h4-7,10-12,18,24H,8-9H2,1-3H3/b19-17-. The van der Waals surface area contributed by atoms with Crippen molar-refractivity contribution in [3.63, 3.8) is 0 Å². The second-order valence-corrected chi connectivity index (χ2v) is 8.16. The van der Waals surface area contributed by atoms with Gasteiger partial charge in [0, 0.05) is 17.0 Å². The topological polar surface area (TPSA) is 76.1 Å². The maximum Gasteiger partial charge on any atom is 0.295 e. The molecule has 0 saturated carbocycles. The summed E-state index contributed by atoms with van der Waals surface area (Å²) in [6.45, 7) is 4.34. The number of carbonyl (C=O) groups is 2. The number of aliphatic hydroxyl groups excluding tert-OH is 1. The van der Waals surface area contributed by atoms with Gasteiger partial charge in [-0.25, -0.2) is 0 Å². The molecule has 1 unspecified atom stereocenters. The number of thiophene rings is 1. The Bertz CT molecular complexity index is 939. The van der Waals surface area contributed by atoms with Gasteiger partial charge in [0.25, 0.3) is 11.7 Å². The number of aliphatic hydroxyl groups is 1. The molecule has 2 heterocycles. The van der Waals surface area contributed by atoms with Crippen LogP contribution in [0.4, 0.5) is 0 Å².